The van der Waals surface area contributed by atoms with Crippen molar-refractivity contribution in [2.45, 2.75) is 64.5 Å². The van der Waals surface area contributed by atoms with Gasteiger partial charge in [0.2, 0.25) is 0 Å². The molecule has 1 aliphatic carbocycles. The van der Waals surface area contributed by atoms with Crippen molar-refractivity contribution in [2.75, 3.05) is 0 Å². The average molecular weight is 271 g/mol. The lowest BCUT2D eigenvalue weighted by Crippen LogP contribution is -2.36. The summed E-state index contributed by atoms with van der Waals surface area (Å²) in [6.45, 7) is 4.82. The van der Waals surface area contributed by atoms with Gasteiger partial charge in [-0.05, 0) is 32.1 Å². The van der Waals surface area contributed by atoms with E-state index in [9.17, 15) is 5.11 Å². The van der Waals surface area contributed by atoms with E-state index < -0.39 is 5.60 Å². The molecule has 1 atom stereocenters. The fourth-order valence-corrected chi connectivity index (χ4v) is 3.44. The van der Waals surface area contributed by atoms with Crippen molar-refractivity contribution >= 4 is 11.6 Å². The second-order valence-electron chi connectivity index (χ2n) is 5.55. The minimum atomic E-state index is -0.858. The molecule has 1 aromatic rings. The summed E-state index contributed by atoms with van der Waals surface area (Å²) in [6, 6.07) is 0. The molecule has 0 bridgehead atoms. The standard InChI is InChI=1S/C14H23ClN2O/c1-3-9-17-13(12(15)10-16-17)14(2,18)11-7-5-4-6-8-11/h10-11,18H,3-9H2,1-2H3. The van der Waals surface area contributed by atoms with Crippen LogP contribution in [0.3, 0.4) is 0 Å². The molecule has 0 saturated heterocycles. The first-order valence-electron chi connectivity index (χ1n) is 7.01. The molecular formula is C14H23ClN2O. The lowest BCUT2D eigenvalue weighted by atomic mass is 9.76. The minimum absolute atomic E-state index is 0.302. The molecule has 2 rings (SSSR count). The maximum atomic E-state index is 10.9. The molecule has 1 aromatic heterocycles. The van der Waals surface area contributed by atoms with E-state index in [0.717, 1.165) is 31.5 Å². The molecule has 1 saturated carbocycles. The van der Waals surface area contributed by atoms with Crippen molar-refractivity contribution < 1.29 is 5.11 Å². The van der Waals surface area contributed by atoms with Crippen molar-refractivity contribution in [3.05, 3.63) is 16.9 Å². The highest BCUT2D eigenvalue weighted by Gasteiger charge is 2.38. The van der Waals surface area contributed by atoms with Crippen molar-refractivity contribution in [3.63, 3.8) is 0 Å². The van der Waals surface area contributed by atoms with Crippen LogP contribution in [-0.4, -0.2) is 14.9 Å². The largest absolute Gasteiger partial charge is 0.384 e. The predicted molar refractivity (Wildman–Crippen MR) is 73.7 cm³/mol. The summed E-state index contributed by atoms with van der Waals surface area (Å²) < 4.78 is 1.87. The predicted octanol–water partition coefficient (Wildman–Crippen LogP) is 3.73. The van der Waals surface area contributed by atoms with Crippen molar-refractivity contribution in [3.8, 4) is 0 Å². The summed E-state index contributed by atoms with van der Waals surface area (Å²) in [5.41, 5.74) is -0.0543. The number of aryl methyl sites for hydroxylation is 1. The van der Waals surface area contributed by atoms with Gasteiger partial charge in [0.15, 0.2) is 0 Å². The Bertz CT molecular complexity index is 394. The third kappa shape index (κ3) is 2.57. The Morgan fingerprint density at radius 1 is 1.44 bits per heavy atom. The van der Waals surface area contributed by atoms with E-state index >= 15 is 0 Å². The van der Waals surface area contributed by atoms with Gasteiger partial charge in [-0.15, -0.1) is 0 Å². The number of halogens is 1. The number of aromatic nitrogens is 2. The van der Waals surface area contributed by atoms with Gasteiger partial charge >= 0.3 is 0 Å². The molecule has 3 nitrogen and oxygen atoms in total. The van der Waals surface area contributed by atoms with E-state index in [4.69, 9.17) is 11.6 Å². The van der Waals surface area contributed by atoms with Gasteiger partial charge in [0.1, 0.15) is 5.60 Å². The van der Waals surface area contributed by atoms with Gasteiger partial charge in [-0.1, -0.05) is 37.8 Å². The SMILES string of the molecule is CCCn1ncc(Cl)c1C(C)(O)C1CCCCC1. The average Bonchev–Trinajstić information content (AvgIpc) is 2.73. The molecule has 0 aromatic carbocycles. The molecule has 0 amide bonds. The maximum Gasteiger partial charge on any atom is 0.108 e. The molecule has 1 fully saturated rings. The van der Waals surface area contributed by atoms with Crippen molar-refractivity contribution in [2.24, 2.45) is 5.92 Å². The normalized spacial score (nSPS) is 20.9. The second kappa shape index (κ2) is 5.62. The zero-order valence-electron chi connectivity index (χ0n) is 11.3. The van der Waals surface area contributed by atoms with Gasteiger partial charge in [-0.25, -0.2) is 0 Å². The van der Waals surface area contributed by atoms with Crippen LogP contribution in [0.2, 0.25) is 5.02 Å². The first-order valence-corrected chi connectivity index (χ1v) is 7.39. The molecule has 0 spiro atoms. The molecule has 0 aliphatic heterocycles. The van der Waals surface area contributed by atoms with E-state index in [0.29, 0.717) is 10.9 Å². The first-order chi connectivity index (χ1) is 8.57. The fraction of sp³-hybridized carbons (Fsp3) is 0.786. The Labute approximate surface area is 114 Å². The number of nitrogens with zero attached hydrogens (tertiary/aromatic N) is 2. The molecule has 1 unspecified atom stereocenters. The zero-order valence-corrected chi connectivity index (χ0v) is 12.1. The summed E-state index contributed by atoms with van der Waals surface area (Å²) in [7, 11) is 0. The monoisotopic (exact) mass is 270 g/mol. The Morgan fingerprint density at radius 3 is 2.72 bits per heavy atom. The Hall–Kier alpha value is -0.540. The minimum Gasteiger partial charge on any atom is -0.384 e. The van der Waals surface area contributed by atoms with E-state index in [1.165, 1.54) is 19.3 Å². The van der Waals surface area contributed by atoms with Crippen LogP contribution in [0.4, 0.5) is 0 Å². The second-order valence-corrected chi connectivity index (χ2v) is 5.95. The van der Waals surface area contributed by atoms with E-state index in [-0.39, 0.29) is 0 Å². The molecular weight excluding hydrogens is 248 g/mol. The highest BCUT2D eigenvalue weighted by atomic mass is 35.5. The summed E-state index contributed by atoms with van der Waals surface area (Å²) in [5, 5.41) is 15.8. The van der Waals surface area contributed by atoms with E-state index in [2.05, 4.69) is 12.0 Å². The third-order valence-corrected chi connectivity index (χ3v) is 4.39. The number of hydrogen-bond acceptors (Lipinski definition) is 2. The van der Waals surface area contributed by atoms with Crippen LogP contribution >= 0.6 is 11.6 Å². The van der Waals surface area contributed by atoms with Crippen LogP contribution in [0.5, 0.6) is 0 Å². The van der Waals surface area contributed by atoms with Gasteiger partial charge < -0.3 is 5.11 Å². The zero-order chi connectivity index (χ0) is 13.2. The summed E-state index contributed by atoms with van der Waals surface area (Å²) in [6.07, 6.45) is 8.52. The van der Waals surface area contributed by atoms with E-state index in [1.807, 2.05) is 11.6 Å². The highest BCUT2D eigenvalue weighted by molar-refractivity contribution is 6.31. The lowest BCUT2D eigenvalue weighted by Gasteiger charge is -2.36. The van der Waals surface area contributed by atoms with Crippen LogP contribution in [-0.2, 0) is 12.1 Å². The van der Waals surface area contributed by atoms with Gasteiger partial charge in [0, 0.05) is 6.54 Å². The van der Waals surface area contributed by atoms with Gasteiger partial charge in [-0.2, -0.15) is 5.10 Å². The molecule has 18 heavy (non-hydrogen) atoms. The third-order valence-electron chi connectivity index (χ3n) is 4.11. The van der Waals surface area contributed by atoms with Crippen molar-refractivity contribution in [1.82, 2.24) is 9.78 Å². The topological polar surface area (TPSA) is 38.0 Å². The fourth-order valence-electron chi connectivity index (χ4n) is 3.10. The molecule has 1 N–H and O–H groups in total. The first kappa shape index (κ1) is 13.9. The molecule has 4 heteroatoms. The lowest BCUT2D eigenvalue weighted by molar-refractivity contribution is -0.0288. The molecule has 1 aliphatic rings. The van der Waals surface area contributed by atoms with Crippen LogP contribution in [0.15, 0.2) is 6.20 Å². The van der Waals surface area contributed by atoms with Crippen LogP contribution in [0.1, 0.15) is 58.1 Å². The summed E-state index contributed by atoms with van der Waals surface area (Å²) in [4.78, 5) is 0. The number of rotatable bonds is 4. The molecule has 102 valence electrons. The molecule has 1 heterocycles. The van der Waals surface area contributed by atoms with Crippen LogP contribution in [0.25, 0.3) is 0 Å². The number of hydrogen-bond donors (Lipinski definition) is 1. The quantitative estimate of drug-likeness (QED) is 0.905. The maximum absolute atomic E-state index is 10.9. The summed E-state index contributed by atoms with van der Waals surface area (Å²) in [5.74, 6) is 0.302. The van der Waals surface area contributed by atoms with Gasteiger partial charge in [-0.3, -0.25) is 4.68 Å². The van der Waals surface area contributed by atoms with Crippen LogP contribution in [0, 0.1) is 5.92 Å². The smallest absolute Gasteiger partial charge is 0.108 e. The van der Waals surface area contributed by atoms with E-state index in [1.54, 1.807) is 6.20 Å². The highest BCUT2D eigenvalue weighted by Crippen LogP contribution is 2.41. The summed E-state index contributed by atoms with van der Waals surface area (Å²) >= 11 is 6.24. The van der Waals surface area contributed by atoms with Crippen LogP contribution < -0.4 is 0 Å². The number of aliphatic hydroxyl groups is 1. The van der Waals surface area contributed by atoms with Crippen molar-refractivity contribution in [1.29, 1.82) is 0 Å². The van der Waals surface area contributed by atoms with Gasteiger partial charge in [0.25, 0.3) is 0 Å². The Balaban J connectivity index is 2.29. The van der Waals surface area contributed by atoms with Gasteiger partial charge in [0.05, 0.1) is 16.9 Å². The Morgan fingerprint density at radius 2 is 2.11 bits per heavy atom. The molecule has 0 radical (unpaired) electrons. The Kier molecular flexibility index (Phi) is 4.33.